The van der Waals surface area contributed by atoms with Crippen LogP contribution in [0.1, 0.15) is 38.3 Å². The van der Waals surface area contributed by atoms with Crippen LogP contribution < -0.4 is 5.73 Å². The molecule has 2 nitrogen and oxygen atoms in total. The van der Waals surface area contributed by atoms with Crippen molar-refractivity contribution in [3.05, 3.63) is 34.6 Å². The quantitative estimate of drug-likeness (QED) is 0.870. The topological polar surface area (TPSA) is 46.2 Å². The van der Waals surface area contributed by atoms with Gasteiger partial charge in [-0.25, -0.2) is 4.39 Å². The molecule has 5 heteroatoms. The maximum absolute atomic E-state index is 13.1. The molecule has 1 rings (SSSR count). The molecule has 0 spiro atoms. The normalized spacial score (nSPS) is 14.2. The number of hydrogen-bond acceptors (Lipinski definition) is 2. The van der Waals surface area contributed by atoms with E-state index in [0.717, 1.165) is 6.42 Å². The monoisotopic (exact) mass is 295 g/mol. The molecule has 0 unspecified atom stereocenters. The molecule has 0 saturated carbocycles. The summed E-state index contributed by atoms with van der Waals surface area (Å²) in [6.45, 7) is 4.15. The van der Waals surface area contributed by atoms with E-state index in [1.165, 1.54) is 18.2 Å². The van der Waals surface area contributed by atoms with Gasteiger partial charge in [0.15, 0.2) is 0 Å². The molecule has 0 fully saturated rings. The molecule has 0 radical (unpaired) electrons. The molecule has 18 heavy (non-hydrogen) atoms. The van der Waals surface area contributed by atoms with Gasteiger partial charge in [-0.3, -0.25) is 0 Å². The largest absolute Gasteiger partial charge is 0.391 e. The van der Waals surface area contributed by atoms with Crippen LogP contribution in [-0.4, -0.2) is 11.2 Å². The summed E-state index contributed by atoms with van der Waals surface area (Å²) >= 11 is 5.94. The lowest BCUT2D eigenvalue weighted by atomic mass is 9.96. The third kappa shape index (κ3) is 5.11. The average molecular weight is 296 g/mol. The van der Waals surface area contributed by atoms with Gasteiger partial charge in [0.1, 0.15) is 5.82 Å². The first-order valence-electron chi connectivity index (χ1n) is 5.80. The van der Waals surface area contributed by atoms with Gasteiger partial charge in [0.2, 0.25) is 0 Å². The summed E-state index contributed by atoms with van der Waals surface area (Å²) in [6, 6.07) is 3.38. The molecule has 0 aromatic heterocycles. The van der Waals surface area contributed by atoms with Gasteiger partial charge in [0.25, 0.3) is 0 Å². The molecule has 0 aliphatic rings. The Kier molecular flexibility index (Phi) is 7.79. The Bertz CT molecular complexity index is 374. The maximum Gasteiger partial charge on any atom is 0.123 e. The molecule has 2 atom stereocenters. The number of aliphatic hydroxyl groups excluding tert-OH is 1. The van der Waals surface area contributed by atoms with E-state index in [1.807, 2.05) is 0 Å². The number of hydrogen-bond donors (Lipinski definition) is 2. The van der Waals surface area contributed by atoms with Gasteiger partial charge in [-0.15, -0.1) is 12.4 Å². The summed E-state index contributed by atoms with van der Waals surface area (Å²) in [4.78, 5) is 0. The highest BCUT2D eigenvalue weighted by Gasteiger charge is 2.19. The Balaban J connectivity index is 0.00000289. The van der Waals surface area contributed by atoms with Gasteiger partial charge in [-0.2, -0.15) is 0 Å². The highest BCUT2D eigenvalue weighted by atomic mass is 35.5. The lowest BCUT2D eigenvalue weighted by Crippen LogP contribution is -2.27. The van der Waals surface area contributed by atoms with Crippen LogP contribution in [-0.2, 0) is 0 Å². The van der Waals surface area contributed by atoms with Gasteiger partial charge in [-0.05, 0) is 42.5 Å². The summed E-state index contributed by atoms with van der Waals surface area (Å²) < 4.78 is 13.1. The number of aliphatic hydroxyl groups is 1. The van der Waals surface area contributed by atoms with E-state index in [4.69, 9.17) is 17.3 Å². The van der Waals surface area contributed by atoms with Gasteiger partial charge in [0, 0.05) is 5.02 Å². The standard InChI is InChI=1S/C13H19ClFNO.ClH/c1-8(2)3-6-12(17)13(16)10-7-9(15)4-5-11(10)14;/h4-5,7-8,12-13,17H,3,6,16H2,1-2H3;1H/t12-,13+;/m0./s1. The first kappa shape index (κ1) is 17.6. The van der Waals surface area contributed by atoms with Crippen LogP contribution in [0.4, 0.5) is 4.39 Å². The zero-order chi connectivity index (χ0) is 13.0. The van der Waals surface area contributed by atoms with Crippen LogP contribution in [0.3, 0.4) is 0 Å². The summed E-state index contributed by atoms with van der Waals surface area (Å²) in [5.41, 5.74) is 6.35. The van der Waals surface area contributed by atoms with Crippen LogP contribution in [0, 0.1) is 11.7 Å². The first-order chi connectivity index (χ1) is 7.91. The van der Waals surface area contributed by atoms with Crippen LogP contribution in [0.2, 0.25) is 5.02 Å². The van der Waals surface area contributed by atoms with Crippen molar-refractivity contribution in [3.63, 3.8) is 0 Å². The molecule has 0 saturated heterocycles. The van der Waals surface area contributed by atoms with Gasteiger partial charge < -0.3 is 10.8 Å². The predicted molar refractivity (Wildman–Crippen MR) is 75.7 cm³/mol. The van der Waals surface area contributed by atoms with Gasteiger partial charge in [0.05, 0.1) is 12.1 Å². The fourth-order valence-electron chi connectivity index (χ4n) is 1.66. The second-order valence-electron chi connectivity index (χ2n) is 4.73. The van der Waals surface area contributed by atoms with Crippen LogP contribution in [0.15, 0.2) is 18.2 Å². The molecule has 1 aromatic rings. The fourth-order valence-corrected chi connectivity index (χ4v) is 1.90. The van der Waals surface area contributed by atoms with Crippen molar-refractivity contribution in [2.75, 3.05) is 0 Å². The smallest absolute Gasteiger partial charge is 0.123 e. The first-order valence-corrected chi connectivity index (χ1v) is 6.18. The third-order valence-corrected chi connectivity index (χ3v) is 3.12. The Hall–Kier alpha value is -0.350. The zero-order valence-corrected chi connectivity index (χ0v) is 12.1. The molecular formula is C13H20Cl2FNO. The van der Waals surface area contributed by atoms with E-state index in [-0.39, 0.29) is 12.4 Å². The Morgan fingerprint density at radius 2 is 1.94 bits per heavy atom. The molecular weight excluding hydrogens is 276 g/mol. The van der Waals surface area contributed by atoms with Crippen molar-refractivity contribution >= 4 is 24.0 Å². The van der Waals surface area contributed by atoms with Gasteiger partial charge in [-0.1, -0.05) is 25.4 Å². The molecule has 3 N–H and O–H groups in total. The molecule has 0 bridgehead atoms. The van der Waals surface area contributed by atoms with Crippen molar-refractivity contribution in [2.45, 2.75) is 38.8 Å². The highest BCUT2D eigenvalue weighted by Crippen LogP contribution is 2.26. The zero-order valence-electron chi connectivity index (χ0n) is 10.6. The van der Waals surface area contributed by atoms with Crippen molar-refractivity contribution in [2.24, 2.45) is 11.7 Å². The van der Waals surface area contributed by atoms with E-state index in [9.17, 15) is 9.50 Å². The highest BCUT2D eigenvalue weighted by molar-refractivity contribution is 6.31. The maximum atomic E-state index is 13.1. The minimum absolute atomic E-state index is 0. The Morgan fingerprint density at radius 3 is 2.50 bits per heavy atom. The molecule has 0 amide bonds. The molecule has 104 valence electrons. The van der Waals surface area contributed by atoms with E-state index in [2.05, 4.69) is 13.8 Å². The van der Waals surface area contributed by atoms with Crippen molar-refractivity contribution in [1.29, 1.82) is 0 Å². The summed E-state index contributed by atoms with van der Waals surface area (Å²) in [5.74, 6) is 0.107. The molecule has 0 aliphatic heterocycles. The lowest BCUT2D eigenvalue weighted by molar-refractivity contribution is 0.128. The summed E-state index contributed by atoms with van der Waals surface area (Å²) in [6.07, 6.45) is 0.768. The molecule has 0 heterocycles. The summed E-state index contributed by atoms with van der Waals surface area (Å²) in [5, 5.41) is 10.3. The molecule has 1 aromatic carbocycles. The van der Waals surface area contributed by atoms with E-state index < -0.39 is 18.0 Å². The van der Waals surface area contributed by atoms with E-state index >= 15 is 0 Å². The number of nitrogens with two attached hydrogens (primary N) is 1. The predicted octanol–water partition coefficient (Wildman–Crippen LogP) is 3.70. The van der Waals surface area contributed by atoms with E-state index in [0.29, 0.717) is 22.9 Å². The van der Waals surface area contributed by atoms with Crippen molar-refractivity contribution < 1.29 is 9.50 Å². The minimum atomic E-state index is -0.698. The Morgan fingerprint density at radius 1 is 1.33 bits per heavy atom. The van der Waals surface area contributed by atoms with Crippen molar-refractivity contribution in [1.82, 2.24) is 0 Å². The second-order valence-corrected chi connectivity index (χ2v) is 5.14. The SMILES string of the molecule is CC(C)CC[C@H](O)[C@H](N)c1cc(F)ccc1Cl.Cl. The molecule has 0 aliphatic carbocycles. The van der Waals surface area contributed by atoms with Crippen LogP contribution >= 0.6 is 24.0 Å². The second kappa shape index (κ2) is 7.95. The van der Waals surface area contributed by atoms with Gasteiger partial charge >= 0.3 is 0 Å². The van der Waals surface area contributed by atoms with Crippen molar-refractivity contribution in [3.8, 4) is 0 Å². The number of halogens is 3. The summed E-state index contributed by atoms with van der Waals surface area (Å²) in [7, 11) is 0. The average Bonchev–Trinajstić information content (AvgIpc) is 2.28. The van der Waals surface area contributed by atoms with Crippen LogP contribution in [0.25, 0.3) is 0 Å². The van der Waals surface area contributed by atoms with Crippen LogP contribution in [0.5, 0.6) is 0 Å². The number of benzene rings is 1. The van der Waals surface area contributed by atoms with E-state index in [1.54, 1.807) is 0 Å². The third-order valence-electron chi connectivity index (χ3n) is 2.77. The Labute approximate surface area is 119 Å². The number of rotatable bonds is 5. The fraction of sp³-hybridized carbons (Fsp3) is 0.538. The lowest BCUT2D eigenvalue weighted by Gasteiger charge is -2.21. The minimum Gasteiger partial charge on any atom is -0.391 e.